The molecule has 2 aromatic carbocycles. The lowest BCUT2D eigenvalue weighted by Crippen LogP contribution is -2.41. The smallest absolute Gasteiger partial charge is 0.253 e. The Hall–Kier alpha value is -3.79. The first-order chi connectivity index (χ1) is 17.0. The number of hydrogen-bond donors (Lipinski definition) is 1. The van der Waals surface area contributed by atoms with Crippen molar-refractivity contribution in [2.45, 2.75) is 32.4 Å². The summed E-state index contributed by atoms with van der Waals surface area (Å²) >= 11 is 0. The highest BCUT2D eigenvalue weighted by Gasteiger charge is 2.33. The van der Waals surface area contributed by atoms with Crippen LogP contribution in [0.25, 0.3) is 10.9 Å². The molecule has 1 fully saturated rings. The van der Waals surface area contributed by atoms with Gasteiger partial charge in [-0.2, -0.15) is 0 Å². The van der Waals surface area contributed by atoms with Gasteiger partial charge >= 0.3 is 0 Å². The number of ether oxygens (including phenoxy) is 2. The fourth-order valence-corrected chi connectivity index (χ4v) is 5.06. The maximum atomic E-state index is 13.4. The maximum Gasteiger partial charge on any atom is 0.253 e. The third kappa shape index (κ3) is 4.14. The van der Waals surface area contributed by atoms with Gasteiger partial charge in [-0.15, -0.1) is 5.10 Å². The number of aromatic amines is 1. The summed E-state index contributed by atoms with van der Waals surface area (Å²) in [6.07, 6.45) is 2.17. The van der Waals surface area contributed by atoms with E-state index in [4.69, 9.17) is 9.47 Å². The van der Waals surface area contributed by atoms with Crippen LogP contribution in [0.4, 0.5) is 4.39 Å². The molecule has 2 aromatic heterocycles. The minimum absolute atomic E-state index is 0.162. The second kappa shape index (κ2) is 8.77. The van der Waals surface area contributed by atoms with Crippen LogP contribution in [-0.4, -0.2) is 50.0 Å². The van der Waals surface area contributed by atoms with Crippen molar-refractivity contribution >= 4 is 10.9 Å². The quantitative estimate of drug-likeness (QED) is 0.472. The number of nitrogens with zero attached hydrogens (tertiary/aromatic N) is 5. The lowest BCUT2D eigenvalue weighted by atomic mass is 9.95. The standard InChI is InChI=1S/C25H25FN6O3/c1-15-3-2-8-31(12-15)23(24-28-29-30-32(24)13-16-4-6-18(26)7-5-16)19-9-17-10-21-22(35-14-34-21)11-20(17)27-25(19)33/h4-7,9-11,15,23H,2-3,8,12-14H2,1H3,(H,27,33)/t15-,23+/m1/s1. The Bertz CT molecular complexity index is 1430. The van der Waals surface area contributed by atoms with Crippen molar-refractivity contribution in [2.75, 3.05) is 19.9 Å². The molecule has 2 aliphatic heterocycles. The molecule has 35 heavy (non-hydrogen) atoms. The first kappa shape index (κ1) is 21.7. The predicted molar refractivity (Wildman–Crippen MR) is 126 cm³/mol. The number of pyridine rings is 1. The van der Waals surface area contributed by atoms with E-state index in [1.807, 2.05) is 12.1 Å². The number of nitrogens with one attached hydrogen (secondary N) is 1. The van der Waals surface area contributed by atoms with Crippen molar-refractivity contribution in [1.29, 1.82) is 0 Å². The van der Waals surface area contributed by atoms with Crippen molar-refractivity contribution in [2.24, 2.45) is 5.92 Å². The van der Waals surface area contributed by atoms with Crippen LogP contribution < -0.4 is 15.0 Å². The molecule has 0 saturated carbocycles. The van der Waals surface area contributed by atoms with E-state index < -0.39 is 6.04 Å². The van der Waals surface area contributed by atoms with Gasteiger partial charge in [0.1, 0.15) is 11.9 Å². The zero-order valence-corrected chi connectivity index (χ0v) is 19.3. The summed E-state index contributed by atoms with van der Waals surface area (Å²) < 4.78 is 26.1. The van der Waals surface area contributed by atoms with Crippen molar-refractivity contribution in [1.82, 2.24) is 30.1 Å². The second-order valence-corrected chi connectivity index (χ2v) is 9.31. The average Bonchev–Trinajstić information content (AvgIpc) is 3.49. The number of hydrogen-bond acceptors (Lipinski definition) is 7. The van der Waals surface area contributed by atoms with Gasteiger partial charge in [0.25, 0.3) is 5.56 Å². The fourth-order valence-electron chi connectivity index (χ4n) is 5.06. The van der Waals surface area contributed by atoms with Crippen LogP contribution in [0.2, 0.25) is 0 Å². The highest BCUT2D eigenvalue weighted by Crippen LogP contribution is 2.37. The fraction of sp³-hybridized carbons (Fsp3) is 0.360. The normalized spacial score (nSPS) is 18.7. The molecule has 4 aromatic rings. The number of rotatable bonds is 5. The number of fused-ring (bicyclic) bond motifs is 2. The number of aromatic nitrogens is 5. The molecule has 0 unspecified atom stereocenters. The molecular formula is C25H25FN6O3. The summed E-state index contributed by atoms with van der Waals surface area (Å²) in [5.74, 6) is 2.04. The molecule has 0 aliphatic carbocycles. The van der Waals surface area contributed by atoms with E-state index in [0.717, 1.165) is 36.9 Å². The molecule has 9 nitrogen and oxygen atoms in total. The van der Waals surface area contributed by atoms with E-state index in [-0.39, 0.29) is 18.2 Å². The van der Waals surface area contributed by atoms with E-state index in [2.05, 4.69) is 32.3 Å². The molecule has 1 saturated heterocycles. The minimum Gasteiger partial charge on any atom is -0.454 e. The van der Waals surface area contributed by atoms with E-state index in [1.54, 1.807) is 22.9 Å². The first-order valence-electron chi connectivity index (χ1n) is 11.8. The third-order valence-corrected chi connectivity index (χ3v) is 6.76. The van der Waals surface area contributed by atoms with Crippen LogP contribution >= 0.6 is 0 Å². The Balaban J connectivity index is 1.46. The van der Waals surface area contributed by atoms with Crippen LogP contribution in [-0.2, 0) is 6.54 Å². The first-order valence-corrected chi connectivity index (χ1v) is 11.8. The average molecular weight is 477 g/mol. The lowest BCUT2D eigenvalue weighted by Gasteiger charge is -2.36. The Kier molecular flexibility index (Phi) is 5.44. The molecule has 6 rings (SSSR count). The van der Waals surface area contributed by atoms with Gasteiger partial charge in [0.2, 0.25) is 6.79 Å². The zero-order chi connectivity index (χ0) is 23.9. The molecule has 180 valence electrons. The molecule has 0 bridgehead atoms. The summed E-state index contributed by atoms with van der Waals surface area (Å²) in [5.41, 5.74) is 1.92. The topological polar surface area (TPSA) is 98.2 Å². The molecule has 2 atom stereocenters. The summed E-state index contributed by atoms with van der Waals surface area (Å²) in [5, 5.41) is 13.4. The van der Waals surface area contributed by atoms with Gasteiger partial charge in [0, 0.05) is 23.6 Å². The third-order valence-electron chi connectivity index (χ3n) is 6.76. The van der Waals surface area contributed by atoms with Crippen LogP contribution in [0.5, 0.6) is 11.5 Å². The molecule has 10 heteroatoms. The van der Waals surface area contributed by atoms with E-state index in [1.165, 1.54) is 12.1 Å². The molecule has 4 heterocycles. The lowest BCUT2D eigenvalue weighted by molar-refractivity contribution is 0.141. The van der Waals surface area contributed by atoms with Crippen molar-refractivity contribution < 1.29 is 13.9 Å². The summed E-state index contributed by atoms with van der Waals surface area (Å²) in [7, 11) is 0. The Morgan fingerprint density at radius 1 is 1.17 bits per heavy atom. The monoisotopic (exact) mass is 476 g/mol. The highest BCUT2D eigenvalue weighted by atomic mass is 19.1. The van der Waals surface area contributed by atoms with Gasteiger partial charge < -0.3 is 14.5 Å². The SMILES string of the molecule is C[C@@H]1CCCN([C@@H](c2cc3cc4c(cc3[nH]c2=O)OCO4)c2nnnn2Cc2ccc(F)cc2)C1. The Morgan fingerprint density at radius 2 is 1.97 bits per heavy atom. The van der Waals surface area contributed by atoms with E-state index in [9.17, 15) is 9.18 Å². The molecule has 0 radical (unpaired) electrons. The van der Waals surface area contributed by atoms with Crippen LogP contribution in [0, 0.1) is 11.7 Å². The minimum atomic E-state index is -0.438. The molecule has 0 amide bonds. The maximum absolute atomic E-state index is 13.4. The molecule has 2 aliphatic rings. The highest BCUT2D eigenvalue weighted by molar-refractivity contribution is 5.83. The summed E-state index contributed by atoms with van der Waals surface area (Å²) in [6, 6.07) is 11.4. The largest absolute Gasteiger partial charge is 0.454 e. The zero-order valence-electron chi connectivity index (χ0n) is 19.3. The van der Waals surface area contributed by atoms with Gasteiger partial charge in [-0.1, -0.05) is 19.1 Å². The van der Waals surface area contributed by atoms with Crippen molar-refractivity contribution in [3.05, 3.63) is 75.6 Å². The predicted octanol–water partition coefficient (Wildman–Crippen LogP) is 3.25. The van der Waals surface area contributed by atoms with Crippen LogP contribution in [0.3, 0.4) is 0 Å². The summed E-state index contributed by atoms with van der Waals surface area (Å²) in [6.45, 7) is 4.40. The number of halogens is 1. The van der Waals surface area contributed by atoms with Crippen LogP contribution in [0.15, 0.2) is 47.3 Å². The van der Waals surface area contributed by atoms with E-state index in [0.29, 0.717) is 40.9 Å². The van der Waals surface area contributed by atoms with Gasteiger partial charge in [0.05, 0.1) is 12.1 Å². The molecular weight excluding hydrogens is 451 g/mol. The van der Waals surface area contributed by atoms with Crippen molar-refractivity contribution in [3.8, 4) is 11.5 Å². The van der Waals surface area contributed by atoms with E-state index >= 15 is 0 Å². The number of likely N-dealkylation sites (tertiary alicyclic amines) is 1. The summed E-state index contributed by atoms with van der Waals surface area (Å²) in [4.78, 5) is 18.7. The van der Waals surface area contributed by atoms with Gasteiger partial charge in [-0.05, 0) is 65.6 Å². The second-order valence-electron chi connectivity index (χ2n) is 9.31. The molecule has 1 N–H and O–H groups in total. The van der Waals surface area contributed by atoms with Gasteiger partial charge in [-0.25, -0.2) is 9.07 Å². The van der Waals surface area contributed by atoms with Gasteiger partial charge in [-0.3, -0.25) is 9.69 Å². The number of benzene rings is 2. The van der Waals surface area contributed by atoms with Crippen LogP contribution in [0.1, 0.15) is 42.8 Å². The van der Waals surface area contributed by atoms with Gasteiger partial charge in [0.15, 0.2) is 17.3 Å². The number of tetrazole rings is 1. The van der Waals surface area contributed by atoms with Crippen molar-refractivity contribution in [3.63, 3.8) is 0 Å². The Morgan fingerprint density at radius 3 is 2.77 bits per heavy atom. The number of piperidine rings is 1. The molecule has 0 spiro atoms. The Labute approximate surface area is 200 Å². The number of H-pyrrole nitrogens is 1.